The fourth-order valence-electron chi connectivity index (χ4n) is 3.77. The molecule has 0 bridgehead atoms. The topological polar surface area (TPSA) is 48.6 Å². The molecule has 150 valence electrons. The molecule has 2 heterocycles. The van der Waals surface area contributed by atoms with Crippen molar-refractivity contribution >= 4 is 23.4 Å². The van der Waals surface area contributed by atoms with Crippen molar-refractivity contribution < 1.29 is 9.47 Å². The van der Waals surface area contributed by atoms with Crippen LogP contribution in [0.15, 0.2) is 53.3 Å². The van der Waals surface area contributed by atoms with E-state index in [-0.39, 0.29) is 24.2 Å². The summed E-state index contributed by atoms with van der Waals surface area (Å²) in [6, 6.07) is 16.2. The number of nitrogens with zero attached hydrogens (tertiary/aromatic N) is 3. The van der Waals surface area contributed by atoms with Crippen molar-refractivity contribution in [3.05, 3.63) is 64.6 Å². The second kappa shape index (κ2) is 8.82. The highest BCUT2D eigenvalue weighted by Crippen LogP contribution is 2.21. The van der Waals surface area contributed by atoms with Gasteiger partial charge in [-0.3, -0.25) is 14.0 Å². The third-order valence-corrected chi connectivity index (χ3v) is 5.21. The molecule has 28 heavy (non-hydrogen) atoms. The van der Waals surface area contributed by atoms with Gasteiger partial charge in [-0.05, 0) is 17.7 Å². The van der Waals surface area contributed by atoms with E-state index in [9.17, 15) is 4.79 Å². The fourth-order valence-corrected chi connectivity index (χ4v) is 3.77. The molecule has 4 rings (SSSR count). The number of methoxy groups -OCH3 is 1. The highest BCUT2D eigenvalue weighted by molar-refractivity contribution is 5.85. The van der Waals surface area contributed by atoms with E-state index < -0.39 is 0 Å². The third kappa shape index (κ3) is 4.09. The van der Waals surface area contributed by atoms with Gasteiger partial charge in [0, 0.05) is 32.7 Å². The van der Waals surface area contributed by atoms with Crippen molar-refractivity contribution in [3.8, 4) is 5.75 Å². The molecule has 7 heteroatoms. The monoisotopic (exact) mass is 403 g/mol. The molecular weight excluding hydrogens is 378 g/mol. The Labute approximate surface area is 170 Å². The van der Waals surface area contributed by atoms with Gasteiger partial charge in [-0.1, -0.05) is 30.3 Å². The predicted molar refractivity (Wildman–Crippen MR) is 112 cm³/mol. The Morgan fingerprint density at radius 2 is 1.93 bits per heavy atom. The molecule has 0 N–H and O–H groups in total. The van der Waals surface area contributed by atoms with Gasteiger partial charge in [0.05, 0.1) is 37.4 Å². The van der Waals surface area contributed by atoms with Gasteiger partial charge in [0.2, 0.25) is 0 Å². The normalized spacial score (nSPS) is 17.4. The highest BCUT2D eigenvalue weighted by Gasteiger charge is 2.23. The average Bonchev–Trinajstić information content (AvgIpc) is 2.93. The summed E-state index contributed by atoms with van der Waals surface area (Å²) in [6.45, 7) is 3.83. The van der Waals surface area contributed by atoms with Crippen LogP contribution in [0.2, 0.25) is 0 Å². The van der Waals surface area contributed by atoms with Crippen LogP contribution in [0.3, 0.4) is 0 Å². The van der Waals surface area contributed by atoms with Gasteiger partial charge < -0.3 is 9.47 Å². The standard InChI is InChI=1S/C21H25N3O3.ClH/c1-22-19-9-8-17(26-2)12-20(19)24(21(22)25)15-18-14-23(10-11-27-18)13-16-6-4-3-5-7-16;/h3-9,12,18H,10-11,13-15H2,1-2H3;1H. The number of rotatable bonds is 5. The summed E-state index contributed by atoms with van der Waals surface area (Å²) in [7, 11) is 3.44. The van der Waals surface area contributed by atoms with E-state index in [0.29, 0.717) is 13.2 Å². The van der Waals surface area contributed by atoms with Gasteiger partial charge in [0.15, 0.2) is 0 Å². The van der Waals surface area contributed by atoms with Crippen LogP contribution in [-0.2, 0) is 24.9 Å². The number of morpholine rings is 1. The zero-order valence-corrected chi connectivity index (χ0v) is 17.0. The molecule has 1 aliphatic rings. The van der Waals surface area contributed by atoms with Gasteiger partial charge in [-0.25, -0.2) is 4.79 Å². The third-order valence-electron chi connectivity index (χ3n) is 5.21. The van der Waals surface area contributed by atoms with Gasteiger partial charge in [0.1, 0.15) is 5.75 Å². The van der Waals surface area contributed by atoms with E-state index in [1.165, 1.54) is 5.56 Å². The molecule has 0 spiro atoms. The Bertz CT molecular complexity index is 984. The minimum atomic E-state index is -0.0259. The Balaban J connectivity index is 0.00000225. The van der Waals surface area contributed by atoms with Crippen LogP contribution in [-0.4, -0.2) is 46.9 Å². The summed E-state index contributed by atoms with van der Waals surface area (Å²) in [6.07, 6.45) is -0.0167. The molecular formula is C21H26ClN3O3. The maximum absolute atomic E-state index is 12.7. The van der Waals surface area contributed by atoms with Gasteiger partial charge in [-0.2, -0.15) is 0 Å². The molecule has 0 radical (unpaired) electrons. The molecule has 1 aliphatic heterocycles. The summed E-state index contributed by atoms with van der Waals surface area (Å²) in [4.78, 5) is 15.1. The van der Waals surface area contributed by atoms with E-state index in [2.05, 4.69) is 29.2 Å². The van der Waals surface area contributed by atoms with E-state index in [1.807, 2.05) is 24.3 Å². The number of halogens is 1. The van der Waals surface area contributed by atoms with Crippen molar-refractivity contribution in [2.24, 2.45) is 7.05 Å². The Morgan fingerprint density at radius 1 is 1.14 bits per heavy atom. The lowest BCUT2D eigenvalue weighted by Gasteiger charge is -2.33. The van der Waals surface area contributed by atoms with Crippen molar-refractivity contribution in [3.63, 3.8) is 0 Å². The van der Waals surface area contributed by atoms with Gasteiger partial charge >= 0.3 is 5.69 Å². The van der Waals surface area contributed by atoms with Crippen LogP contribution in [0.25, 0.3) is 11.0 Å². The number of imidazole rings is 1. The number of aryl methyl sites for hydroxylation is 1. The van der Waals surface area contributed by atoms with Crippen LogP contribution in [0.1, 0.15) is 5.56 Å². The summed E-state index contributed by atoms with van der Waals surface area (Å²) < 4.78 is 14.8. The minimum Gasteiger partial charge on any atom is -0.497 e. The van der Waals surface area contributed by atoms with Crippen LogP contribution < -0.4 is 10.4 Å². The first-order chi connectivity index (χ1) is 13.2. The Hall–Kier alpha value is -2.28. The Morgan fingerprint density at radius 3 is 2.68 bits per heavy atom. The summed E-state index contributed by atoms with van der Waals surface area (Å²) in [5.74, 6) is 0.747. The number of hydrogen-bond acceptors (Lipinski definition) is 4. The number of benzene rings is 2. The SMILES string of the molecule is COc1ccc2c(c1)n(CC1CN(Cc3ccccc3)CCO1)c(=O)n2C.Cl. The number of aromatic nitrogens is 2. The summed E-state index contributed by atoms with van der Waals surface area (Å²) >= 11 is 0. The zero-order valence-electron chi connectivity index (χ0n) is 16.2. The molecule has 6 nitrogen and oxygen atoms in total. The first-order valence-corrected chi connectivity index (χ1v) is 9.27. The number of ether oxygens (including phenoxy) is 2. The van der Waals surface area contributed by atoms with E-state index in [1.54, 1.807) is 23.3 Å². The summed E-state index contributed by atoms with van der Waals surface area (Å²) in [5, 5.41) is 0. The largest absolute Gasteiger partial charge is 0.497 e. The van der Waals surface area contributed by atoms with Crippen LogP contribution in [0.5, 0.6) is 5.75 Å². The average molecular weight is 404 g/mol. The lowest BCUT2D eigenvalue weighted by atomic mass is 10.2. The van der Waals surface area contributed by atoms with Crippen LogP contribution in [0, 0.1) is 0 Å². The Kier molecular flexibility index (Phi) is 6.44. The molecule has 1 unspecified atom stereocenters. The van der Waals surface area contributed by atoms with E-state index in [0.717, 1.165) is 36.4 Å². The minimum absolute atomic E-state index is 0. The molecule has 0 saturated carbocycles. The molecule has 2 aromatic carbocycles. The molecule has 1 saturated heterocycles. The van der Waals surface area contributed by atoms with Crippen LogP contribution in [0.4, 0.5) is 0 Å². The summed E-state index contributed by atoms with van der Waals surface area (Å²) in [5.41, 5.74) is 3.05. The quantitative estimate of drug-likeness (QED) is 0.657. The maximum atomic E-state index is 12.7. The zero-order chi connectivity index (χ0) is 18.8. The molecule has 0 amide bonds. The van der Waals surface area contributed by atoms with Crippen molar-refractivity contribution in [1.29, 1.82) is 0 Å². The van der Waals surface area contributed by atoms with Crippen LogP contribution >= 0.6 is 12.4 Å². The van der Waals surface area contributed by atoms with Crippen molar-refractivity contribution in [2.45, 2.75) is 19.2 Å². The lowest BCUT2D eigenvalue weighted by molar-refractivity contribution is -0.0387. The highest BCUT2D eigenvalue weighted by atomic mass is 35.5. The molecule has 1 fully saturated rings. The van der Waals surface area contributed by atoms with E-state index >= 15 is 0 Å². The molecule has 0 aliphatic carbocycles. The lowest BCUT2D eigenvalue weighted by Crippen LogP contribution is -2.44. The van der Waals surface area contributed by atoms with Crippen molar-refractivity contribution in [2.75, 3.05) is 26.8 Å². The first-order valence-electron chi connectivity index (χ1n) is 9.27. The fraction of sp³-hybridized carbons (Fsp3) is 0.381. The molecule has 3 aromatic rings. The predicted octanol–water partition coefficient (Wildman–Crippen LogP) is 2.67. The first kappa shape index (κ1) is 20.5. The maximum Gasteiger partial charge on any atom is 0.328 e. The number of fused-ring (bicyclic) bond motifs is 1. The second-order valence-corrected chi connectivity index (χ2v) is 7.02. The van der Waals surface area contributed by atoms with Gasteiger partial charge in [-0.15, -0.1) is 12.4 Å². The van der Waals surface area contributed by atoms with Crippen molar-refractivity contribution in [1.82, 2.24) is 14.0 Å². The molecule has 1 atom stereocenters. The smallest absolute Gasteiger partial charge is 0.328 e. The van der Waals surface area contributed by atoms with E-state index in [4.69, 9.17) is 9.47 Å². The second-order valence-electron chi connectivity index (χ2n) is 7.02. The van der Waals surface area contributed by atoms with Gasteiger partial charge in [0.25, 0.3) is 0 Å². The number of hydrogen-bond donors (Lipinski definition) is 0. The molecule has 1 aromatic heterocycles.